The fourth-order valence-electron chi connectivity index (χ4n) is 1.84. The molecule has 0 spiro atoms. The van der Waals surface area contributed by atoms with Crippen LogP contribution in [0.3, 0.4) is 0 Å². The van der Waals surface area contributed by atoms with Crippen molar-refractivity contribution >= 4 is 15.9 Å². The Bertz CT molecular complexity index is 495. The number of nitrogens with two attached hydrogens (primary N) is 1. The van der Waals surface area contributed by atoms with E-state index in [4.69, 9.17) is 10.3 Å². The van der Waals surface area contributed by atoms with Crippen LogP contribution in [0.5, 0.6) is 0 Å². The first-order valence-corrected chi connectivity index (χ1v) is 6.61. The molecule has 0 fully saturated rings. The van der Waals surface area contributed by atoms with Crippen LogP contribution in [0.4, 0.5) is 0 Å². The van der Waals surface area contributed by atoms with Crippen molar-refractivity contribution < 1.29 is 4.42 Å². The molecule has 0 saturated heterocycles. The molecule has 18 heavy (non-hydrogen) atoms. The lowest BCUT2D eigenvalue weighted by atomic mass is 10.1. The molecule has 1 unspecified atom stereocenters. The first-order valence-electron chi connectivity index (χ1n) is 5.82. The summed E-state index contributed by atoms with van der Waals surface area (Å²) in [5.74, 6) is 6.51. The highest BCUT2D eigenvalue weighted by Crippen LogP contribution is 2.26. The topological polar surface area (TPSA) is 81.9 Å². The van der Waals surface area contributed by atoms with Crippen molar-refractivity contribution in [3.63, 3.8) is 0 Å². The molecule has 1 atom stereocenters. The predicted octanol–water partition coefficient (Wildman–Crippen LogP) is 1.79. The van der Waals surface area contributed by atoms with Crippen LogP contribution >= 0.6 is 15.9 Å². The van der Waals surface area contributed by atoms with Gasteiger partial charge in [0, 0.05) is 18.5 Å². The fraction of sp³-hybridized carbons (Fsp3) is 0.455. The molecule has 0 aliphatic heterocycles. The Hall–Kier alpha value is -1.18. The standard InChI is InChI=1S/C11H16BrN5O/c1-2-4-17-10(14-7-15-17)6-9(16-13)8-3-5-18-11(8)12/h3,5,7,9,16H,2,4,6,13H2,1H3. The van der Waals surface area contributed by atoms with E-state index in [9.17, 15) is 0 Å². The van der Waals surface area contributed by atoms with Gasteiger partial charge in [0.15, 0.2) is 4.67 Å². The monoisotopic (exact) mass is 313 g/mol. The van der Waals surface area contributed by atoms with E-state index in [0.717, 1.165) is 24.4 Å². The maximum absolute atomic E-state index is 5.60. The Labute approximate surface area is 114 Å². The SMILES string of the molecule is CCCn1ncnc1CC(NN)c1ccoc1Br. The summed E-state index contributed by atoms with van der Waals surface area (Å²) in [7, 11) is 0. The van der Waals surface area contributed by atoms with E-state index in [0.29, 0.717) is 11.1 Å². The van der Waals surface area contributed by atoms with Gasteiger partial charge in [0.2, 0.25) is 0 Å². The molecular formula is C11H16BrN5O. The molecule has 0 aliphatic carbocycles. The number of hydrogen-bond acceptors (Lipinski definition) is 5. The number of nitrogens with one attached hydrogen (secondary N) is 1. The van der Waals surface area contributed by atoms with Crippen molar-refractivity contribution in [1.29, 1.82) is 0 Å². The van der Waals surface area contributed by atoms with Gasteiger partial charge in [0.25, 0.3) is 0 Å². The summed E-state index contributed by atoms with van der Waals surface area (Å²) in [6.45, 7) is 2.97. The summed E-state index contributed by atoms with van der Waals surface area (Å²) in [5.41, 5.74) is 3.76. The number of aryl methyl sites for hydroxylation is 1. The number of nitrogens with zero attached hydrogens (tertiary/aromatic N) is 3. The Morgan fingerprint density at radius 1 is 1.61 bits per heavy atom. The second kappa shape index (κ2) is 6.12. The Kier molecular flexibility index (Phi) is 4.51. The molecule has 2 rings (SSSR count). The van der Waals surface area contributed by atoms with E-state index in [1.165, 1.54) is 0 Å². The second-order valence-electron chi connectivity index (χ2n) is 3.97. The minimum absolute atomic E-state index is 0.0575. The van der Waals surface area contributed by atoms with Crippen LogP contribution < -0.4 is 11.3 Å². The summed E-state index contributed by atoms with van der Waals surface area (Å²) in [4.78, 5) is 4.27. The predicted molar refractivity (Wildman–Crippen MR) is 70.5 cm³/mol. The van der Waals surface area contributed by atoms with Gasteiger partial charge in [-0.1, -0.05) is 6.92 Å². The third-order valence-electron chi connectivity index (χ3n) is 2.74. The van der Waals surface area contributed by atoms with E-state index >= 15 is 0 Å². The molecule has 0 aromatic carbocycles. The number of hydrogen-bond donors (Lipinski definition) is 2. The summed E-state index contributed by atoms with van der Waals surface area (Å²) in [6.07, 6.45) is 4.88. The number of hydrazine groups is 1. The van der Waals surface area contributed by atoms with E-state index in [1.807, 2.05) is 10.7 Å². The highest BCUT2D eigenvalue weighted by molar-refractivity contribution is 9.10. The normalized spacial score (nSPS) is 12.8. The Morgan fingerprint density at radius 2 is 2.44 bits per heavy atom. The Balaban J connectivity index is 2.15. The summed E-state index contributed by atoms with van der Waals surface area (Å²) in [5, 5.41) is 4.20. The van der Waals surface area contributed by atoms with Crippen LogP contribution in [0, 0.1) is 0 Å². The first-order chi connectivity index (χ1) is 8.76. The molecule has 6 nitrogen and oxygen atoms in total. The van der Waals surface area contributed by atoms with Gasteiger partial charge < -0.3 is 4.42 Å². The minimum atomic E-state index is -0.0575. The van der Waals surface area contributed by atoms with Gasteiger partial charge in [-0.2, -0.15) is 5.10 Å². The van der Waals surface area contributed by atoms with Crippen molar-refractivity contribution in [3.05, 3.63) is 34.7 Å². The van der Waals surface area contributed by atoms with Crippen LogP contribution in [-0.2, 0) is 13.0 Å². The molecule has 0 amide bonds. The van der Waals surface area contributed by atoms with Crippen molar-refractivity contribution in [1.82, 2.24) is 20.2 Å². The average Bonchev–Trinajstić information content (AvgIpc) is 2.96. The maximum atomic E-state index is 5.60. The van der Waals surface area contributed by atoms with Crippen molar-refractivity contribution in [2.24, 2.45) is 5.84 Å². The lowest BCUT2D eigenvalue weighted by Gasteiger charge is -2.14. The highest BCUT2D eigenvalue weighted by atomic mass is 79.9. The molecule has 2 aromatic rings. The lowest BCUT2D eigenvalue weighted by molar-refractivity contribution is 0.482. The molecule has 0 bridgehead atoms. The molecule has 98 valence electrons. The first kappa shape index (κ1) is 13.3. The zero-order chi connectivity index (χ0) is 13.0. The van der Waals surface area contributed by atoms with Crippen molar-refractivity contribution in [3.8, 4) is 0 Å². The van der Waals surface area contributed by atoms with E-state index < -0.39 is 0 Å². The quantitative estimate of drug-likeness (QED) is 0.627. The fourth-order valence-corrected chi connectivity index (χ4v) is 2.36. The largest absolute Gasteiger partial charge is 0.457 e. The van der Waals surface area contributed by atoms with E-state index in [2.05, 4.69) is 38.4 Å². The third-order valence-corrected chi connectivity index (χ3v) is 3.39. The third kappa shape index (κ3) is 2.80. The molecule has 3 N–H and O–H groups in total. The van der Waals surface area contributed by atoms with Crippen LogP contribution in [0.1, 0.15) is 30.8 Å². The molecule has 2 heterocycles. The van der Waals surface area contributed by atoms with Crippen LogP contribution in [0.2, 0.25) is 0 Å². The van der Waals surface area contributed by atoms with Gasteiger partial charge in [-0.05, 0) is 28.4 Å². The van der Waals surface area contributed by atoms with Gasteiger partial charge in [0.1, 0.15) is 12.2 Å². The van der Waals surface area contributed by atoms with Crippen LogP contribution in [0.15, 0.2) is 27.7 Å². The Morgan fingerprint density at radius 3 is 3.06 bits per heavy atom. The van der Waals surface area contributed by atoms with Gasteiger partial charge in [0.05, 0.1) is 12.3 Å². The average molecular weight is 314 g/mol. The molecule has 2 aromatic heterocycles. The number of furan rings is 1. The molecular weight excluding hydrogens is 298 g/mol. The van der Waals surface area contributed by atoms with Gasteiger partial charge >= 0.3 is 0 Å². The van der Waals surface area contributed by atoms with Gasteiger partial charge in [-0.25, -0.2) is 4.98 Å². The number of aromatic nitrogens is 3. The van der Waals surface area contributed by atoms with Crippen LogP contribution in [0.25, 0.3) is 0 Å². The molecule has 0 saturated carbocycles. The lowest BCUT2D eigenvalue weighted by Crippen LogP contribution is -2.30. The smallest absolute Gasteiger partial charge is 0.173 e. The minimum Gasteiger partial charge on any atom is -0.457 e. The highest BCUT2D eigenvalue weighted by Gasteiger charge is 2.18. The van der Waals surface area contributed by atoms with Crippen molar-refractivity contribution in [2.75, 3.05) is 0 Å². The molecule has 0 radical (unpaired) electrons. The van der Waals surface area contributed by atoms with Crippen LogP contribution in [-0.4, -0.2) is 14.8 Å². The van der Waals surface area contributed by atoms with E-state index in [-0.39, 0.29) is 6.04 Å². The zero-order valence-corrected chi connectivity index (χ0v) is 11.7. The zero-order valence-electron chi connectivity index (χ0n) is 10.1. The summed E-state index contributed by atoms with van der Waals surface area (Å²) in [6, 6.07) is 1.83. The second-order valence-corrected chi connectivity index (χ2v) is 4.69. The molecule has 7 heteroatoms. The van der Waals surface area contributed by atoms with Gasteiger partial charge in [-0.15, -0.1) is 0 Å². The summed E-state index contributed by atoms with van der Waals surface area (Å²) < 4.78 is 7.81. The van der Waals surface area contributed by atoms with E-state index in [1.54, 1.807) is 12.6 Å². The number of rotatable bonds is 6. The maximum Gasteiger partial charge on any atom is 0.173 e. The number of halogens is 1. The summed E-state index contributed by atoms with van der Waals surface area (Å²) >= 11 is 3.36. The van der Waals surface area contributed by atoms with Gasteiger partial charge in [-0.3, -0.25) is 16.0 Å². The van der Waals surface area contributed by atoms with Crippen molar-refractivity contribution in [2.45, 2.75) is 32.4 Å². The molecule has 0 aliphatic rings.